The van der Waals surface area contributed by atoms with Crippen molar-refractivity contribution in [2.24, 2.45) is 5.73 Å². The van der Waals surface area contributed by atoms with Crippen molar-refractivity contribution < 1.29 is 4.74 Å². The van der Waals surface area contributed by atoms with E-state index < -0.39 is 0 Å². The molecule has 0 aromatic carbocycles. The quantitative estimate of drug-likeness (QED) is 0.908. The van der Waals surface area contributed by atoms with Gasteiger partial charge < -0.3 is 15.4 Å². The van der Waals surface area contributed by atoms with Gasteiger partial charge in [-0.25, -0.2) is 4.98 Å². The van der Waals surface area contributed by atoms with E-state index in [0.29, 0.717) is 12.1 Å². The summed E-state index contributed by atoms with van der Waals surface area (Å²) in [4.78, 5) is 7.02. The third kappa shape index (κ3) is 2.61. The van der Waals surface area contributed by atoms with Gasteiger partial charge in [0, 0.05) is 31.9 Å². The van der Waals surface area contributed by atoms with Crippen molar-refractivity contribution in [3.05, 3.63) is 22.9 Å². The number of nitrogens with two attached hydrogens (primary N) is 1. The molecule has 5 nitrogen and oxygen atoms in total. The van der Waals surface area contributed by atoms with Crippen molar-refractivity contribution in [1.82, 2.24) is 4.98 Å². The highest BCUT2D eigenvalue weighted by Crippen LogP contribution is 2.31. The molecule has 0 amide bonds. The zero-order valence-corrected chi connectivity index (χ0v) is 12.5. The summed E-state index contributed by atoms with van der Waals surface area (Å²) in [7, 11) is 1.75. The van der Waals surface area contributed by atoms with Crippen LogP contribution in [0.1, 0.15) is 36.1 Å². The van der Waals surface area contributed by atoms with E-state index in [4.69, 9.17) is 15.5 Å². The highest BCUT2D eigenvalue weighted by atomic mass is 16.5. The summed E-state index contributed by atoms with van der Waals surface area (Å²) in [6, 6.07) is 4.54. The van der Waals surface area contributed by atoms with Gasteiger partial charge in [-0.05, 0) is 43.7 Å². The maximum absolute atomic E-state index is 9.46. The first-order valence-electron chi connectivity index (χ1n) is 7.69. The number of piperidine rings is 1. The minimum absolute atomic E-state index is 0.197. The molecule has 112 valence electrons. The normalized spacial score (nSPS) is 24.7. The van der Waals surface area contributed by atoms with E-state index in [0.717, 1.165) is 50.2 Å². The Morgan fingerprint density at radius 2 is 2.38 bits per heavy atom. The number of anilines is 1. The summed E-state index contributed by atoms with van der Waals surface area (Å²) in [5, 5.41) is 9.46. The van der Waals surface area contributed by atoms with Gasteiger partial charge in [0.2, 0.25) is 0 Å². The van der Waals surface area contributed by atoms with Gasteiger partial charge in [0.25, 0.3) is 0 Å². The molecule has 3 rings (SSSR count). The number of hydrogen-bond donors (Lipinski definition) is 1. The monoisotopic (exact) mass is 286 g/mol. The van der Waals surface area contributed by atoms with E-state index in [2.05, 4.69) is 11.0 Å². The zero-order chi connectivity index (χ0) is 14.8. The Balaban J connectivity index is 1.94. The van der Waals surface area contributed by atoms with Crippen LogP contribution in [0.25, 0.3) is 0 Å². The topological polar surface area (TPSA) is 75.2 Å². The van der Waals surface area contributed by atoms with Gasteiger partial charge in [0.15, 0.2) is 0 Å². The number of methoxy groups -OCH3 is 1. The Labute approximate surface area is 125 Å². The number of hydrogen-bond acceptors (Lipinski definition) is 5. The Hall–Kier alpha value is -1.64. The van der Waals surface area contributed by atoms with E-state index in [-0.39, 0.29) is 12.1 Å². The number of pyridine rings is 1. The van der Waals surface area contributed by atoms with E-state index in [1.807, 2.05) is 6.07 Å². The molecule has 1 aromatic rings. The van der Waals surface area contributed by atoms with E-state index in [1.165, 1.54) is 5.56 Å². The van der Waals surface area contributed by atoms with Gasteiger partial charge in [-0.1, -0.05) is 0 Å². The molecule has 5 heteroatoms. The van der Waals surface area contributed by atoms with Crippen LogP contribution in [0.3, 0.4) is 0 Å². The molecule has 2 aliphatic rings. The Bertz CT molecular complexity index is 566. The first kappa shape index (κ1) is 14.3. The summed E-state index contributed by atoms with van der Waals surface area (Å²) in [6.45, 7) is 1.41. The molecule has 2 atom stereocenters. The minimum Gasteiger partial charge on any atom is -0.381 e. The second-order valence-corrected chi connectivity index (χ2v) is 5.90. The Kier molecular flexibility index (Phi) is 4.09. The fourth-order valence-electron chi connectivity index (χ4n) is 3.49. The number of fused-ring (bicyclic) bond motifs is 1. The summed E-state index contributed by atoms with van der Waals surface area (Å²) >= 11 is 0. The number of nitrogens with zero attached hydrogens (tertiary/aromatic N) is 3. The van der Waals surface area contributed by atoms with Crippen molar-refractivity contribution in [2.45, 2.75) is 44.2 Å². The molecule has 1 aliphatic carbocycles. The molecule has 0 bridgehead atoms. The lowest BCUT2D eigenvalue weighted by molar-refractivity contribution is 0.0707. The molecular formula is C16H22N4O. The smallest absolute Gasteiger partial charge is 0.147 e. The summed E-state index contributed by atoms with van der Waals surface area (Å²) in [5.74, 6) is 0.822. The molecule has 0 radical (unpaired) electrons. The van der Waals surface area contributed by atoms with Crippen LogP contribution in [0.2, 0.25) is 0 Å². The van der Waals surface area contributed by atoms with Crippen molar-refractivity contribution >= 4 is 5.82 Å². The molecule has 1 aromatic heterocycles. The van der Waals surface area contributed by atoms with Crippen LogP contribution in [0.15, 0.2) is 6.07 Å². The zero-order valence-electron chi connectivity index (χ0n) is 12.5. The number of aryl methyl sites for hydroxylation is 2. The summed E-state index contributed by atoms with van der Waals surface area (Å²) < 4.78 is 5.47. The fraction of sp³-hybridized carbons (Fsp3) is 0.625. The van der Waals surface area contributed by atoms with Crippen LogP contribution in [0.4, 0.5) is 5.82 Å². The van der Waals surface area contributed by atoms with E-state index in [9.17, 15) is 5.26 Å². The van der Waals surface area contributed by atoms with Crippen LogP contribution >= 0.6 is 0 Å². The minimum atomic E-state index is 0.197. The third-order valence-electron chi connectivity index (χ3n) is 4.70. The average Bonchev–Trinajstić information content (AvgIpc) is 3.00. The standard InChI is InChI=1S/C16H22N4O/c1-21-14-5-6-20(13(8-14)10-18)16-12(9-17)7-11-3-2-4-15(11)19-16/h7,13-14H,2-6,8,10,18H2,1H3. The number of ether oxygens (including phenoxy) is 1. The van der Waals surface area contributed by atoms with Gasteiger partial charge in [0.05, 0.1) is 11.7 Å². The number of nitriles is 1. The molecule has 21 heavy (non-hydrogen) atoms. The predicted octanol–water partition coefficient (Wildman–Crippen LogP) is 1.38. The average molecular weight is 286 g/mol. The Morgan fingerprint density at radius 3 is 3.10 bits per heavy atom. The van der Waals surface area contributed by atoms with Crippen LogP contribution < -0.4 is 10.6 Å². The molecule has 0 spiro atoms. The third-order valence-corrected chi connectivity index (χ3v) is 4.70. The maximum Gasteiger partial charge on any atom is 0.147 e. The van der Waals surface area contributed by atoms with Gasteiger partial charge in [-0.15, -0.1) is 0 Å². The second-order valence-electron chi connectivity index (χ2n) is 5.90. The lowest BCUT2D eigenvalue weighted by Crippen LogP contribution is -2.49. The van der Waals surface area contributed by atoms with Crippen LogP contribution in [-0.4, -0.2) is 37.3 Å². The van der Waals surface area contributed by atoms with Crippen LogP contribution in [0.5, 0.6) is 0 Å². The maximum atomic E-state index is 9.46. The molecule has 2 unspecified atom stereocenters. The van der Waals surface area contributed by atoms with E-state index >= 15 is 0 Å². The molecule has 1 aliphatic heterocycles. The SMILES string of the molecule is COC1CCN(c2nc3c(cc2C#N)CCC3)C(CN)C1. The predicted molar refractivity (Wildman–Crippen MR) is 81.2 cm³/mol. The molecule has 2 heterocycles. The molecule has 1 saturated heterocycles. The van der Waals surface area contributed by atoms with Crippen molar-refractivity contribution in [3.8, 4) is 6.07 Å². The van der Waals surface area contributed by atoms with Gasteiger partial charge >= 0.3 is 0 Å². The Morgan fingerprint density at radius 1 is 1.52 bits per heavy atom. The second kappa shape index (κ2) is 6.00. The van der Waals surface area contributed by atoms with Crippen molar-refractivity contribution in [1.29, 1.82) is 5.26 Å². The fourth-order valence-corrected chi connectivity index (χ4v) is 3.49. The highest BCUT2D eigenvalue weighted by Gasteiger charge is 2.30. The van der Waals surface area contributed by atoms with Crippen LogP contribution in [-0.2, 0) is 17.6 Å². The van der Waals surface area contributed by atoms with E-state index in [1.54, 1.807) is 7.11 Å². The first-order chi connectivity index (χ1) is 10.3. The van der Waals surface area contributed by atoms with Gasteiger partial charge in [-0.3, -0.25) is 0 Å². The highest BCUT2D eigenvalue weighted by molar-refractivity contribution is 5.57. The number of aromatic nitrogens is 1. The molecule has 1 fully saturated rings. The number of rotatable bonds is 3. The molecular weight excluding hydrogens is 264 g/mol. The summed E-state index contributed by atoms with van der Waals surface area (Å²) in [5.41, 5.74) is 9.03. The van der Waals surface area contributed by atoms with Gasteiger partial charge in [-0.2, -0.15) is 5.26 Å². The van der Waals surface area contributed by atoms with Crippen LogP contribution in [0, 0.1) is 11.3 Å². The first-order valence-corrected chi connectivity index (χ1v) is 7.69. The lowest BCUT2D eigenvalue weighted by Gasteiger charge is -2.39. The summed E-state index contributed by atoms with van der Waals surface area (Å²) in [6.07, 6.45) is 5.32. The largest absolute Gasteiger partial charge is 0.381 e. The lowest BCUT2D eigenvalue weighted by atomic mass is 9.98. The van der Waals surface area contributed by atoms with Gasteiger partial charge in [0.1, 0.15) is 11.9 Å². The van der Waals surface area contributed by atoms with Crippen molar-refractivity contribution in [2.75, 3.05) is 25.1 Å². The van der Waals surface area contributed by atoms with Crippen molar-refractivity contribution in [3.63, 3.8) is 0 Å². The molecule has 2 N–H and O–H groups in total. The molecule has 0 saturated carbocycles.